The first-order valence-corrected chi connectivity index (χ1v) is 9.24. The van der Waals surface area contributed by atoms with Gasteiger partial charge < -0.3 is 19.9 Å². The number of carbonyl (C=O) groups is 2. The van der Waals surface area contributed by atoms with Gasteiger partial charge in [0.1, 0.15) is 11.8 Å². The van der Waals surface area contributed by atoms with E-state index in [1.807, 2.05) is 39.0 Å². The van der Waals surface area contributed by atoms with Crippen LogP contribution in [0.15, 0.2) is 24.3 Å². The fraction of sp³-hybridized carbons (Fsp3) is 0.619. The van der Waals surface area contributed by atoms with Gasteiger partial charge in [0.15, 0.2) is 6.10 Å². The van der Waals surface area contributed by atoms with Crippen molar-refractivity contribution in [1.29, 1.82) is 0 Å². The molecule has 0 aromatic heterocycles. The van der Waals surface area contributed by atoms with E-state index in [2.05, 4.69) is 26.1 Å². The molecular weight excluding hydrogens is 346 g/mol. The number of ether oxygens (including phenoxy) is 2. The minimum atomic E-state index is -1.09. The average Bonchev–Trinajstić information content (AvgIpc) is 2.51. The summed E-state index contributed by atoms with van der Waals surface area (Å²) in [6.07, 6.45) is -0.629. The number of aliphatic carboxylic acids is 1. The summed E-state index contributed by atoms with van der Waals surface area (Å²) in [6.45, 7) is 13.8. The fourth-order valence-electron chi connectivity index (χ4n) is 2.32. The maximum Gasteiger partial charge on any atom is 0.326 e. The maximum atomic E-state index is 12.4. The Labute approximate surface area is 162 Å². The number of carboxylic acids is 1. The smallest absolute Gasteiger partial charge is 0.326 e. The van der Waals surface area contributed by atoms with Gasteiger partial charge in [-0.3, -0.25) is 4.79 Å². The molecule has 0 heterocycles. The van der Waals surface area contributed by atoms with Gasteiger partial charge in [0.2, 0.25) is 0 Å². The molecule has 0 spiro atoms. The molecule has 0 saturated heterocycles. The highest BCUT2D eigenvalue weighted by atomic mass is 16.5. The number of hydrogen-bond donors (Lipinski definition) is 2. The minimum absolute atomic E-state index is 0.0354. The van der Waals surface area contributed by atoms with E-state index < -0.39 is 24.0 Å². The minimum Gasteiger partial charge on any atom is -0.481 e. The van der Waals surface area contributed by atoms with E-state index >= 15 is 0 Å². The van der Waals surface area contributed by atoms with Gasteiger partial charge in [-0.15, -0.1) is 0 Å². The van der Waals surface area contributed by atoms with E-state index in [0.717, 1.165) is 5.56 Å². The van der Waals surface area contributed by atoms with E-state index in [1.54, 1.807) is 13.0 Å². The number of rotatable bonds is 8. The van der Waals surface area contributed by atoms with E-state index in [-0.39, 0.29) is 24.0 Å². The number of nitrogens with one attached hydrogen (secondary N) is 1. The molecule has 0 radical (unpaired) electrons. The van der Waals surface area contributed by atoms with Gasteiger partial charge in [0, 0.05) is 13.0 Å². The quantitative estimate of drug-likeness (QED) is 0.722. The molecule has 0 aliphatic carbocycles. The third-order valence-electron chi connectivity index (χ3n) is 3.94. The van der Waals surface area contributed by atoms with Crippen molar-refractivity contribution < 1.29 is 24.2 Å². The van der Waals surface area contributed by atoms with Crippen molar-refractivity contribution in [3.8, 4) is 5.75 Å². The normalized spacial score (nSPS) is 14.3. The zero-order valence-corrected chi connectivity index (χ0v) is 17.5. The van der Waals surface area contributed by atoms with Crippen LogP contribution >= 0.6 is 0 Å². The van der Waals surface area contributed by atoms with Gasteiger partial charge in [-0.1, -0.05) is 32.9 Å². The molecule has 6 nitrogen and oxygen atoms in total. The number of carbonyl (C=O) groups excluding carboxylic acids is 1. The average molecular weight is 379 g/mol. The second kappa shape index (κ2) is 9.22. The summed E-state index contributed by atoms with van der Waals surface area (Å²) >= 11 is 0. The Morgan fingerprint density at radius 3 is 2.30 bits per heavy atom. The van der Waals surface area contributed by atoms with Crippen LogP contribution in [0.3, 0.4) is 0 Å². The predicted molar refractivity (Wildman–Crippen MR) is 105 cm³/mol. The van der Waals surface area contributed by atoms with Crippen molar-refractivity contribution in [1.82, 2.24) is 5.32 Å². The summed E-state index contributed by atoms with van der Waals surface area (Å²) < 4.78 is 11.3. The molecule has 0 aliphatic rings. The van der Waals surface area contributed by atoms with Crippen LogP contribution in [0, 0.1) is 0 Å². The van der Waals surface area contributed by atoms with Crippen LogP contribution < -0.4 is 10.1 Å². The Bertz CT molecular complexity index is 643. The molecule has 1 rings (SSSR count). The molecule has 27 heavy (non-hydrogen) atoms. The van der Waals surface area contributed by atoms with Gasteiger partial charge in [-0.05, 0) is 50.8 Å². The summed E-state index contributed by atoms with van der Waals surface area (Å²) in [5.41, 5.74) is 0.698. The molecule has 0 aliphatic heterocycles. The lowest BCUT2D eigenvalue weighted by Gasteiger charge is -2.23. The van der Waals surface area contributed by atoms with E-state index in [4.69, 9.17) is 9.47 Å². The van der Waals surface area contributed by atoms with Crippen LogP contribution in [0.1, 0.15) is 60.5 Å². The predicted octanol–water partition coefficient (Wildman–Crippen LogP) is 3.53. The van der Waals surface area contributed by atoms with Gasteiger partial charge in [0.25, 0.3) is 5.91 Å². The molecular formula is C21H33NO5. The molecule has 2 N–H and O–H groups in total. The lowest BCUT2D eigenvalue weighted by atomic mass is 9.87. The van der Waals surface area contributed by atoms with Crippen molar-refractivity contribution in [2.24, 2.45) is 0 Å². The first-order chi connectivity index (χ1) is 12.3. The van der Waals surface area contributed by atoms with Crippen LogP contribution in [0.2, 0.25) is 0 Å². The topological polar surface area (TPSA) is 84.9 Å². The number of carboxylic acid groups (broad SMARTS) is 1. The molecule has 152 valence electrons. The number of amides is 1. The molecule has 1 amide bonds. The standard InChI is InChI=1S/C21H33NO5/c1-14(27-16-10-8-9-15(13-16)20(2,3)4)18(23)22-17(19(24)25)11-12-26-21(5,6)7/h8-10,13-14,17H,11-12H2,1-7H3,(H,22,23)(H,24,25). The molecule has 1 aromatic carbocycles. The first-order valence-electron chi connectivity index (χ1n) is 9.24. The van der Waals surface area contributed by atoms with E-state index in [9.17, 15) is 14.7 Å². The van der Waals surface area contributed by atoms with Crippen LogP contribution in [0.4, 0.5) is 0 Å². The van der Waals surface area contributed by atoms with Gasteiger partial charge in [0.05, 0.1) is 5.60 Å². The lowest BCUT2D eigenvalue weighted by molar-refractivity contribution is -0.143. The van der Waals surface area contributed by atoms with Crippen molar-refractivity contribution in [3.05, 3.63) is 29.8 Å². The highest BCUT2D eigenvalue weighted by molar-refractivity contribution is 5.86. The Morgan fingerprint density at radius 1 is 1.15 bits per heavy atom. The van der Waals surface area contributed by atoms with Crippen LogP contribution in [-0.2, 0) is 19.7 Å². The van der Waals surface area contributed by atoms with Crippen molar-refractivity contribution in [3.63, 3.8) is 0 Å². The number of hydrogen-bond acceptors (Lipinski definition) is 4. The van der Waals surface area contributed by atoms with E-state index in [0.29, 0.717) is 5.75 Å². The lowest BCUT2D eigenvalue weighted by Crippen LogP contribution is -2.47. The fourth-order valence-corrected chi connectivity index (χ4v) is 2.32. The monoisotopic (exact) mass is 379 g/mol. The Kier molecular flexibility index (Phi) is 7.84. The Balaban J connectivity index is 2.67. The second-order valence-electron chi connectivity index (χ2n) is 8.69. The van der Waals surface area contributed by atoms with Gasteiger partial charge >= 0.3 is 5.97 Å². The molecule has 0 bridgehead atoms. The Hall–Kier alpha value is -2.08. The number of benzene rings is 1. The van der Waals surface area contributed by atoms with Crippen molar-refractivity contribution >= 4 is 11.9 Å². The molecule has 6 heteroatoms. The van der Waals surface area contributed by atoms with Crippen LogP contribution in [-0.4, -0.2) is 41.3 Å². The summed E-state index contributed by atoms with van der Waals surface area (Å²) in [5, 5.41) is 11.9. The van der Waals surface area contributed by atoms with Crippen molar-refractivity contribution in [2.45, 2.75) is 78.0 Å². The highest BCUT2D eigenvalue weighted by Gasteiger charge is 2.25. The molecule has 0 fully saturated rings. The summed E-state index contributed by atoms with van der Waals surface area (Å²) in [6, 6.07) is 6.55. The Morgan fingerprint density at radius 2 is 1.78 bits per heavy atom. The molecule has 2 unspecified atom stereocenters. The second-order valence-corrected chi connectivity index (χ2v) is 8.69. The zero-order valence-electron chi connectivity index (χ0n) is 17.5. The van der Waals surface area contributed by atoms with Crippen LogP contribution in [0.5, 0.6) is 5.75 Å². The molecule has 1 aromatic rings. The maximum absolute atomic E-state index is 12.4. The molecule has 2 atom stereocenters. The third-order valence-corrected chi connectivity index (χ3v) is 3.94. The van der Waals surface area contributed by atoms with Gasteiger partial charge in [-0.25, -0.2) is 4.79 Å². The first kappa shape index (κ1) is 23.0. The molecule has 0 saturated carbocycles. The SMILES string of the molecule is CC(Oc1cccc(C(C)(C)C)c1)C(=O)NC(CCOC(C)(C)C)C(=O)O. The van der Waals surface area contributed by atoms with Crippen molar-refractivity contribution in [2.75, 3.05) is 6.61 Å². The summed E-state index contributed by atoms with van der Waals surface area (Å²) in [5.74, 6) is -0.991. The van der Waals surface area contributed by atoms with Crippen LogP contribution in [0.25, 0.3) is 0 Å². The summed E-state index contributed by atoms with van der Waals surface area (Å²) in [7, 11) is 0. The third kappa shape index (κ3) is 8.43. The van der Waals surface area contributed by atoms with E-state index in [1.165, 1.54) is 0 Å². The summed E-state index contributed by atoms with van der Waals surface area (Å²) in [4.78, 5) is 23.8. The van der Waals surface area contributed by atoms with Gasteiger partial charge in [-0.2, -0.15) is 0 Å². The highest BCUT2D eigenvalue weighted by Crippen LogP contribution is 2.26. The zero-order chi connectivity index (χ0) is 20.8. The largest absolute Gasteiger partial charge is 0.481 e.